The molecule has 0 unspecified atom stereocenters. The molecule has 3 rings (SSSR count). The smallest absolute Gasteiger partial charge is 0.206 e. The lowest BCUT2D eigenvalue weighted by molar-refractivity contribution is -0.0943. The summed E-state index contributed by atoms with van der Waals surface area (Å²) in [5, 5.41) is 8.98. The molecule has 1 heterocycles. The zero-order valence-electron chi connectivity index (χ0n) is 12.9. The first kappa shape index (κ1) is 14.4. The Bertz CT molecular complexity index is 466. The fourth-order valence-corrected chi connectivity index (χ4v) is 3.23. The maximum absolute atomic E-state index is 5.54. The average molecular weight is 287 g/mol. The third-order valence-electron chi connectivity index (χ3n) is 4.38. The minimum Gasteiger partial charge on any atom is -0.456 e. The number of ether oxygens (including phenoxy) is 1. The summed E-state index contributed by atoms with van der Waals surface area (Å²) in [4.78, 5) is 0. The molecule has 0 bridgehead atoms. The van der Waals surface area contributed by atoms with Crippen LogP contribution in [0.5, 0.6) is 0 Å². The molecule has 0 N–H and O–H groups in total. The zero-order valence-corrected chi connectivity index (χ0v) is 12.9. The predicted octanol–water partition coefficient (Wildman–Crippen LogP) is 3.75. The van der Waals surface area contributed by atoms with Gasteiger partial charge in [-0.2, -0.15) is 10.1 Å². The Hall–Kier alpha value is -1.55. The van der Waals surface area contributed by atoms with Gasteiger partial charge < -0.3 is 4.74 Å². The topological polar surface area (TPSA) is 28.1 Å². The van der Waals surface area contributed by atoms with Crippen LogP contribution in [-0.4, -0.2) is 28.8 Å². The van der Waals surface area contributed by atoms with Crippen LogP contribution in [0.2, 0.25) is 0 Å². The molecule has 1 aromatic rings. The van der Waals surface area contributed by atoms with Crippen molar-refractivity contribution in [2.45, 2.75) is 58.0 Å². The molecular weight excluding hydrogens is 262 g/mol. The van der Waals surface area contributed by atoms with E-state index in [1.807, 2.05) is 12.0 Å². The number of hydrogen-bond donors (Lipinski definition) is 0. The van der Waals surface area contributed by atoms with Crippen molar-refractivity contribution in [2.75, 3.05) is 6.73 Å². The van der Waals surface area contributed by atoms with Crippen molar-refractivity contribution in [1.82, 2.24) is 10.1 Å². The second-order valence-electron chi connectivity index (χ2n) is 5.99. The van der Waals surface area contributed by atoms with Crippen LogP contribution in [-0.2, 0) is 11.3 Å². The molecule has 0 radical (unpaired) electrons. The van der Waals surface area contributed by atoms with Crippen LogP contribution in [0, 0.1) is 0 Å². The van der Waals surface area contributed by atoms with E-state index in [4.69, 9.17) is 4.74 Å². The zero-order chi connectivity index (χ0) is 14.5. The largest absolute Gasteiger partial charge is 0.456 e. The fraction of sp³-hybridized carbons (Fsp3) is 0.588. The summed E-state index contributed by atoms with van der Waals surface area (Å²) in [5.74, 6) is 0.765. The Kier molecular flexibility index (Phi) is 4.76. The normalized spacial score (nSPS) is 20.3. The molecular formula is C17H25N3O. The molecule has 0 spiro atoms. The van der Waals surface area contributed by atoms with Crippen molar-refractivity contribution < 1.29 is 4.74 Å². The van der Waals surface area contributed by atoms with Crippen molar-refractivity contribution in [1.29, 1.82) is 0 Å². The summed E-state index contributed by atoms with van der Waals surface area (Å²) in [6.45, 7) is 3.38. The summed E-state index contributed by atoms with van der Waals surface area (Å²) in [5.41, 5.74) is 1.33. The SMILES string of the molecule is CC1=NN(N(Cc2ccccc2)C2CCCCCC2)CO1. The van der Waals surface area contributed by atoms with Gasteiger partial charge in [-0.05, 0) is 18.4 Å². The summed E-state index contributed by atoms with van der Waals surface area (Å²) < 4.78 is 5.54. The van der Waals surface area contributed by atoms with E-state index in [2.05, 4.69) is 40.4 Å². The standard InChI is InChI=1S/C17H25N3O/c1-15-18-20(14-21-15)19(13-16-9-5-4-6-10-16)17-11-7-2-3-8-12-17/h4-6,9-10,17H,2-3,7-8,11-14H2,1H3. The Morgan fingerprint density at radius 1 is 1.14 bits per heavy atom. The van der Waals surface area contributed by atoms with Crippen molar-refractivity contribution in [3.8, 4) is 0 Å². The Morgan fingerprint density at radius 2 is 1.86 bits per heavy atom. The highest BCUT2D eigenvalue weighted by molar-refractivity contribution is 5.73. The highest BCUT2D eigenvalue weighted by Crippen LogP contribution is 2.26. The number of hydrogen-bond acceptors (Lipinski definition) is 4. The summed E-state index contributed by atoms with van der Waals surface area (Å²) in [6.07, 6.45) is 7.92. The van der Waals surface area contributed by atoms with Gasteiger partial charge in [0.25, 0.3) is 0 Å². The third-order valence-corrected chi connectivity index (χ3v) is 4.38. The monoisotopic (exact) mass is 287 g/mol. The number of nitrogens with zero attached hydrogens (tertiary/aromatic N) is 3. The van der Waals surface area contributed by atoms with Crippen molar-refractivity contribution in [3.63, 3.8) is 0 Å². The molecule has 4 nitrogen and oxygen atoms in total. The molecule has 1 aromatic carbocycles. The second-order valence-corrected chi connectivity index (χ2v) is 5.99. The van der Waals surface area contributed by atoms with Crippen LogP contribution in [0.25, 0.3) is 0 Å². The lowest BCUT2D eigenvalue weighted by Crippen LogP contribution is -2.44. The average Bonchev–Trinajstić information content (AvgIpc) is 2.77. The van der Waals surface area contributed by atoms with Crippen molar-refractivity contribution in [2.24, 2.45) is 5.10 Å². The maximum Gasteiger partial charge on any atom is 0.206 e. The van der Waals surface area contributed by atoms with E-state index >= 15 is 0 Å². The molecule has 1 aliphatic carbocycles. The van der Waals surface area contributed by atoms with Gasteiger partial charge in [-0.15, -0.1) is 5.10 Å². The van der Waals surface area contributed by atoms with Gasteiger partial charge in [0.05, 0.1) is 0 Å². The Labute approximate surface area is 127 Å². The van der Waals surface area contributed by atoms with Gasteiger partial charge in [0.2, 0.25) is 5.90 Å². The van der Waals surface area contributed by atoms with Crippen LogP contribution in [0.3, 0.4) is 0 Å². The lowest BCUT2D eigenvalue weighted by atomic mass is 10.1. The van der Waals surface area contributed by atoms with Gasteiger partial charge in [0.1, 0.15) is 0 Å². The van der Waals surface area contributed by atoms with Crippen LogP contribution in [0.1, 0.15) is 51.0 Å². The molecule has 4 heteroatoms. The quantitative estimate of drug-likeness (QED) is 0.789. The number of benzene rings is 1. The van der Waals surface area contributed by atoms with Crippen LogP contribution >= 0.6 is 0 Å². The van der Waals surface area contributed by atoms with E-state index in [1.54, 1.807) is 0 Å². The molecule has 21 heavy (non-hydrogen) atoms. The van der Waals surface area contributed by atoms with Gasteiger partial charge >= 0.3 is 0 Å². The predicted molar refractivity (Wildman–Crippen MR) is 84.4 cm³/mol. The van der Waals surface area contributed by atoms with Gasteiger partial charge in [0.15, 0.2) is 6.73 Å². The third kappa shape index (κ3) is 3.76. The van der Waals surface area contributed by atoms with Gasteiger partial charge in [-0.1, -0.05) is 56.0 Å². The van der Waals surface area contributed by atoms with Crippen LogP contribution in [0.15, 0.2) is 35.4 Å². The molecule has 2 aliphatic rings. The molecule has 0 saturated heterocycles. The van der Waals surface area contributed by atoms with Crippen LogP contribution < -0.4 is 0 Å². The summed E-state index contributed by atoms with van der Waals surface area (Å²) in [7, 11) is 0. The number of rotatable bonds is 4. The molecule has 1 saturated carbocycles. The van der Waals surface area contributed by atoms with E-state index < -0.39 is 0 Å². The second kappa shape index (κ2) is 6.94. The highest BCUT2D eigenvalue weighted by Gasteiger charge is 2.28. The lowest BCUT2D eigenvalue weighted by Gasteiger charge is -2.35. The van der Waals surface area contributed by atoms with Gasteiger partial charge in [-0.25, -0.2) is 0 Å². The van der Waals surface area contributed by atoms with E-state index in [9.17, 15) is 0 Å². The molecule has 0 aromatic heterocycles. The minimum atomic E-state index is 0.551. The Morgan fingerprint density at radius 3 is 2.48 bits per heavy atom. The maximum atomic E-state index is 5.54. The van der Waals surface area contributed by atoms with Gasteiger partial charge in [-0.3, -0.25) is 0 Å². The fourth-order valence-electron chi connectivity index (χ4n) is 3.23. The highest BCUT2D eigenvalue weighted by atomic mass is 16.5. The molecule has 0 atom stereocenters. The van der Waals surface area contributed by atoms with Crippen LogP contribution in [0.4, 0.5) is 0 Å². The molecule has 1 aliphatic heterocycles. The Balaban J connectivity index is 1.76. The van der Waals surface area contributed by atoms with E-state index in [0.29, 0.717) is 12.8 Å². The van der Waals surface area contributed by atoms with Crippen molar-refractivity contribution in [3.05, 3.63) is 35.9 Å². The first-order valence-corrected chi connectivity index (χ1v) is 8.09. The van der Waals surface area contributed by atoms with E-state index in [-0.39, 0.29) is 0 Å². The van der Waals surface area contributed by atoms with E-state index in [1.165, 1.54) is 44.1 Å². The summed E-state index contributed by atoms with van der Waals surface area (Å²) in [6, 6.07) is 11.2. The first-order chi connectivity index (χ1) is 10.3. The molecule has 1 fully saturated rings. The minimum absolute atomic E-state index is 0.551. The number of hydrazone groups is 1. The molecule has 0 amide bonds. The van der Waals surface area contributed by atoms with Gasteiger partial charge in [0, 0.05) is 19.5 Å². The summed E-state index contributed by atoms with van der Waals surface area (Å²) >= 11 is 0. The molecule has 114 valence electrons. The first-order valence-electron chi connectivity index (χ1n) is 8.09. The number of hydrazine groups is 1. The van der Waals surface area contributed by atoms with Crippen molar-refractivity contribution >= 4 is 5.90 Å². The van der Waals surface area contributed by atoms with E-state index in [0.717, 1.165) is 12.4 Å².